The highest BCUT2D eigenvalue weighted by molar-refractivity contribution is 6.19. The first kappa shape index (κ1) is 31.5. The summed E-state index contributed by atoms with van der Waals surface area (Å²) in [6, 6.07) is 70.4. The average molecular weight is 688 g/mol. The topological polar surface area (TPSA) is 38.7 Å². The molecule has 0 atom stereocenters. The van der Waals surface area contributed by atoms with Crippen LogP contribution in [0, 0.1) is 0 Å². The Bertz CT molecular complexity index is 2970. The Labute approximate surface area is 313 Å². The van der Waals surface area contributed by atoms with E-state index in [4.69, 9.17) is 15.0 Å². The van der Waals surface area contributed by atoms with Crippen LogP contribution in [0.25, 0.3) is 99.9 Å². The molecule has 0 saturated heterocycles. The molecule has 1 aromatic heterocycles. The summed E-state index contributed by atoms with van der Waals surface area (Å²) in [6.45, 7) is 0. The fourth-order valence-electron chi connectivity index (χ4n) is 7.75. The summed E-state index contributed by atoms with van der Waals surface area (Å²) >= 11 is 0. The van der Waals surface area contributed by atoms with E-state index in [1.807, 2.05) is 6.07 Å². The zero-order valence-electron chi connectivity index (χ0n) is 29.4. The molecule has 0 aliphatic heterocycles. The molecule has 10 rings (SSSR count). The van der Waals surface area contributed by atoms with E-state index in [2.05, 4.69) is 194 Å². The molecular weight excluding hydrogens is 655 g/mol. The normalized spacial score (nSPS) is 11.3. The molecule has 9 aromatic carbocycles. The molecule has 0 aliphatic rings. The van der Waals surface area contributed by atoms with Crippen LogP contribution in [-0.2, 0) is 0 Å². The minimum absolute atomic E-state index is 0.622. The molecule has 0 amide bonds. The zero-order chi connectivity index (χ0) is 35.8. The fraction of sp³-hybridized carbons (Fsp3) is 0. The summed E-state index contributed by atoms with van der Waals surface area (Å²) in [6.07, 6.45) is 0. The summed E-state index contributed by atoms with van der Waals surface area (Å²) < 4.78 is 0. The molecule has 0 saturated carbocycles. The summed E-state index contributed by atoms with van der Waals surface area (Å²) in [5.41, 5.74) is 9.45. The van der Waals surface area contributed by atoms with Crippen molar-refractivity contribution in [1.82, 2.24) is 15.0 Å². The lowest BCUT2D eigenvalue weighted by Crippen LogP contribution is -2.03. The molecule has 0 bridgehead atoms. The van der Waals surface area contributed by atoms with E-state index in [1.54, 1.807) is 0 Å². The van der Waals surface area contributed by atoms with Crippen LogP contribution in [-0.4, -0.2) is 15.0 Å². The van der Waals surface area contributed by atoms with E-state index in [0.29, 0.717) is 17.5 Å². The van der Waals surface area contributed by atoms with E-state index in [0.717, 1.165) is 66.2 Å². The van der Waals surface area contributed by atoms with Gasteiger partial charge in [0.15, 0.2) is 17.5 Å². The fourth-order valence-corrected chi connectivity index (χ4v) is 7.75. The summed E-state index contributed by atoms with van der Waals surface area (Å²) in [5, 5.41) is 6.92. The number of nitrogens with zero attached hydrogens (tertiary/aromatic N) is 3. The van der Waals surface area contributed by atoms with Crippen molar-refractivity contribution in [2.45, 2.75) is 0 Å². The van der Waals surface area contributed by atoms with Crippen LogP contribution in [0.2, 0.25) is 0 Å². The molecule has 252 valence electrons. The first-order valence-electron chi connectivity index (χ1n) is 18.3. The molecular formula is C51H33N3. The van der Waals surface area contributed by atoms with E-state index in [9.17, 15) is 0 Å². The smallest absolute Gasteiger partial charge is 0.165 e. The van der Waals surface area contributed by atoms with Crippen molar-refractivity contribution >= 4 is 32.3 Å². The van der Waals surface area contributed by atoms with E-state index >= 15 is 0 Å². The third-order valence-electron chi connectivity index (χ3n) is 10.3. The third-order valence-corrected chi connectivity index (χ3v) is 10.3. The first-order chi connectivity index (χ1) is 26.8. The van der Waals surface area contributed by atoms with Gasteiger partial charge in [0.05, 0.1) is 0 Å². The van der Waals surface area contributed by atoms with Crippen LogP contribution < -0.4 is 0 Å². The van der Waals surface area contributed by atoms with Crippen molar-refractivity contribution in [3.8, 4) is 67.5 Å². The van der Waals surface area contributed by atoms with Gasteiger partial charge in [0.25, 0.3) is 0 Å². The van der Waals surface area contributed by atoms with Crippen LogP contribution in [0.4, 0.5) is 0 Å². The maximum Gasteiger partial charge on any atom is 0.165 e. The molecule has 0 fully saturated rings. The summed E-state index contributed by atoms with van der Waals surface area (Å²) in [4.78, 5) is 16.3. The molecule has 0 spiro atoms. The Morgan fingerprint density at radius 1 is 0.241 bits per heavy atom. The summed E-state index contributed by atoms with van der Waals surface area (Å²) in [5.74, 6) is 1.89. The van der Waals surface area contributed by atoms with Gasteiger partial charge in [-0.1, -0.05) is 188 Å². The zero-order valence-corrected chi connectivity index (χ0v) is 29.4. The van der Waals surface area contributed by atoms with Crippen LogP contribution in [0.3, 0.4) is 0 Å². The number of hydrogen-bond donors (Lipinski definition) is 0. The van der Waals surface area contributed by atoms with Crippen LogP contribution >= 0.6 is 0 Å². The lowest BCUT2D eigenvalue weighted by molar-refractivity contribution is 1.08. The molecule has 3 heteroatoms. The monoisotopic (exact) mass is 687 g/mol. The second-order valence-electron chi connectivity index (χ2n) is 13.6. The molecule has 0 radical (unpaired) electrons. The Hall–Kier alpha value is -7.23. The largest absolute Gasteiger partial charge is 0.208 e. The molecule has 0 aliphatic carbocycles. The van der Waals surface area contributed by atoms with Gasteiger partial charge in [-0.05, 0) is 77.8 Å². The Morgan fingerprint density at radius 3 is 1.46 bits per heavy atom. The Balaban J connectivity index is 1.32. The summed E-state index contributed by atoms with van der Waals surface area (Å²) in [7, 11) is 0. The number of hydrogen-bond acceptors (Lipinski definition) is 3. The molecule has 10 aromatic rings. The Kier molecular flexibility index (Phi) is 7.81. The molecule has 0 N–H and O–H groups in total. The van der Waals surface area contributed by atoms with E-state index in [1.165, 1.54) is 16.2 Å². The molecule has 54 heavy (non-hydrogen) atoms. The van der Waals surface area contributed by atoms with Crippen LogP contribution in [0.15, 0.2) is 200 Å². The van der Waals surface area contributed by atoms with Gasteiger partial charge in [0.1, 0.15) is 0 Å². The SMILES string of the molecule is c1ccc(-c2ccc(-c3ccccc3)c(-c3nc(-c4ccccc4-c4ccccc4)nc(-c4c5ccccc5cc5c4ccc4ccccc45)n3)c2)cc1. The van der Waals surface area contributed by atoms with Crippen molar-refractivity contribution in [2.75, 3.05) is 0 Å². The first-order valence-corrected chi connectivity index (χ1v) is 18.3. The molecule has 3 nitrogen and oxygen atoms in total. The second kappa shape index (κ2) is 13.4. The molecule has 1 heterocycles. The highest BCUT2D eigenvalue weighted by atomic mass is 15.0. The lowest BCUT2D eigenvalue weighted by Gasteiger charge is -2.17. The average Bonchev–Trinajstić information content (AvgIpc) is 3.26. The predicted molar refractivity (Wildman–Crippen MR) is 225 cm³/mol. The highest BCUT2D eigenvalue weighted by Crippen LogP contribution is 2.41. The Morgan fingerprint density at radius 2 is 0.759 bits per heavy atom. The van der Waals surface area contributed by atoms with Gasteiger partial charge in [-0.2, -0.15) is 0 Å². The standard InChI is InChI=1S/C51H33N3/c1-4-16-34(17-5-1)38-29-30-42(36-20-8-3-9-21-36)47(32-38)50-52-49(45-27-15-14-24-40(45)35-18-6-2-7-19-35)53-51(54-50)48-43-26-13-11-23-39(43)33-46-41-25-12-10-22-37(41)28-31-44(46)48/h1-33H. The minimum Gasteiger partial charge on any atom is -0.208 e. The van der Waals surface area contributed by atoms with Gasteiger partial charge in [-0.3, -0.25) is 0 Å². The van der Waals surface area contributed by atoms with Crippen molar-refractivity contribution in [3.63, 3.8) is 0 Å². The quantitative estimate of drug-likeness (QED) is 0.129. The van der Waals surface area contributed by atoms with Crippen molar-refractivity contribution in [2.24, 2.45) is 0 Å². The van der Waals surface area contributed by atoms with E-state index < -0.39 is 0 Å². The third kappa shape index (κ3) is 5.60. The van der Waals surface area contributed by atoms with Gasteiger partial charge >= 0.3 is 0 Å². The molecule has 0 unspecified atom stereocenters. The number of aromatic nitrogens is 3. The van der Waals surface area contributed by atoms with Gasteiger partial charge in [0, 0.05) is 16.7 Å². The van der Waals surface area contributed by atoms with Gasteiger partial charge in [0.2, 0.25) is 0 Å². The number of rotatable bonds is 6. The predicted octanol–water partition coefficient (Wildman–Crippen LogP) is 13.3. The minimum atomic E-state index is 0.622. The lowest BCUT2D eigenvalue weighted by atomic mass is 9.92. The van der Waals surface area contributed by atoms with E-state index in [-0.39, 0.29) is 0 Å². The number of fused-ring (bicyclic) bond motifs is 4. The second-order valence-corrected chi connectivity index (χ2v) is 13.6. The van der Waals surface area contributed by atoms with Gasteiger partial charge in [-0.15, -0.1) is 0 Å². The van der Waals surface area contributed by atoms with Crippen LogP contribution in [0.1, 0.15) is 0 Å². The maximum absolute atomic E-state index is 5.48. The van der Waals surface area contributed by atoms with Gasteiger partial charge < -0.3 is 0 Å². The van der Waals surface area contributed by atoms with Crippen molar-refractivity contribution < 1.29 is 0 Å². The van der Waals surface area contributed by atoms with Crippen molar-refractivity contribution in [3.05, 3.63) is 200 Å². The van der Waals surface area contributed by atoms with Crippen molar-refractivity contribution in [1.29, 1.82) is 0 Å². The maximum atomic E-state index is 5.48. The number of benzene rings is 9. The van der Waals surface area contributed by atoms with Crippen LogP contribution in [0.5, 0.6) is 0 Å². The highest BCUT2D eigenvalue weighted by Gasteiger charge is 2.21. The van der Waals surface area contributed by atoms with Gasteiger partial charge in [-0.25, -0.2) is 15.0 Å².